The number of ketones is 1. The lowest BCUT2D eigenvalue weighted by Crippen LogP contribution is -2.60. The second kappa shape index (κ2) is 8.47. The Morgan fingerprint density at radius 2 is 1.77 bits per heavy atom. The van der Waals surface area contributed by atoms with E-state index in [2.05, 4.69) is 27.7 Å². The molecule has 0 aromatic rings. The molecule has 4 aliphatic carbocycles. The van der Waals surface area contributed by atoms with Crippen molar-refractivity contribution >= 4 is 11.8 Å². The molecule has 0 saturated heterocycles. The normalized spacial score (nSPS) is 47.8. The van der Waals surface area contributed by atoms with Crippen LogP contribution in [0.15, 0.2) is 0 Å². The molecule has 5 unspecified atom stereocenters. The number of esters is 1. The Bertz CT molecular complexity index is 703. The van der Waals surface area contributed by atoms with Gasteiger partial charge in [-0.1, -0.05) is 27.7 Å². The van der Waals surface area contributed by atoms with Gasteiger partial charge in [0.1, 0.15) is 5.78 Å². The Labute approximate surface area is 188 Å². The van der Waals surface area contributed by atoms with E-state index in [9.17, 15) is 14.7 Å². The Morgan fingerprint density at radius 1 is 1.10 bits per heavy atom. The van der Waals surface area contributed by atoms with Gasteiger partial charge in [-0.2, -0.15) is 0 Å². The van der Waals surface area contributed by atoms with Gasteiger partial charge in [-0.3, -0.25) is 9.59 Å². The molecule has 31 heavy (non-hydrogen) atoms. The Morgan fingerprint density at radius 3 is 2.45 bits per heavy atom. The monoisotopic (exact) mass is 432 g/mol. The molecular weight excluding hydrogens is 388 g/mol. The van der Waals surface area contributed by atoms with E-state index in [0.717, 1.165) is 44.9 Å². The van der Waals surface area contributed by atoms with Gasteiger partial charge in [-0.25, -0.2) is 0 Å². The minimum atomic E-state index is -0.225. The lowest BCUT2D eigenvalue weighted by atomic mass is 9.42. The summed E-state index contributed by atoms with van der Waals surface area (Å²) in [5, 5.41) is 10.4. The van der Waals surface area contributed by atoms with Gasteiger partial charge in [0.2, 0.25) is 0 Å². The van der Waals surface area contributed by atoms with E-state index in [0.29, 0.717) is 41.8 Å². The maximum Gasteiger partial charge on any atom is 0.305 e. The standard InChI is InChI=1S/C27H44O4/c1-6-18-22-15-17(28)11-13-27(22,4)21-12-14-26(3)19(16(2)7-10-23(29)31-5)8-9-20(26)24(21)25(18)30/h16-22,24,28H,6-15H2,1-5H3/t16-,17-,18-,19-,20?,21?,22?,24+,26?,27?/m1/s1. The van der Waals surface area contributed by atoms with Crippen LogP contribution in [-0.4, -0.2) is 30.1 Å². The second-order valence-corrected chi connectivity index (χ2v) is 12.0. The van der Waals surface area contributed by atoms with Crippen LogP contribution in [0.2, 0.25) is 0 Å². The summed E-state index contributed by atoms with van der Waals surface area (Å²) in [6.07, 6.45) is 9.59. The molecule has 4 rings (SSSR count). The van der Waals surface area contributed by atoms with Gasteiger partial charge in [0.15, 0.2) is 0 Å². The highest BCUT2D eigenvalue weighted by atomic mass is 16.5. The highest BCUT2D eigenvalue weighted by Crippen LogP contribution is 2.68. The Hall–Kier alpha value is -0.900. The fraction of sp³-hybridized carbons (Fsp3) is 0.926. The lowest BCUT2D eigenvalue weighted by molar-refractivity contribution is -0.173. The van der Waals surface area contributed by atoms with E-state index in [1.165, 1.54) is 20.0 Å². The van der Waals surface area contributed by atoms with Crippen LogP contribution in [0.4, 0.5) is 0 Å². The number of hydrogen-bond donors (Lipinski definition) is 1. The summed E-state index contributed by atoms with van der Waals surface area (Å²) in [7, 11) is 1.47. The first-order valence-electron chi connectivity index (χ1n) is 13.0. The van der Waals surface area contributed by atoms with Crippen LogP contribution in [0.25, 0.3) is 0 Å². The van der Waals surface area contributed by atoms with Crippen LogP contribution < -0.4 is 0 Å². The van der Waals surface area contributed by atoms with Crippen LogP contribution in [0.5, 0.6) is 0 Å². The zero-order valence-corrected chi connectivity index (χ0v) is 20.4. The summed E-state index contributed by atoms with van der Waals surface area (Å²) in [6, 6.07) is 0. The molecule has 176 valence electrons. The topological polar surface area (TPSA) is 63.6 Å². The average molecular weight is 433 g/mol. The number of fused-ring (bicyclic) bond motifs is 5. The number of carbonyl (C=O) groups excluding carboxylic acids is 2. The number of aliphatic hydroxyl groups excluding tert-OH is 1. The zero-order chi connectivity index (χ0) is 22.6. The second-order valence-electron chi connectivity index (χ2n) is 12.0. The number of rotatable bonds is 5. The van der Waals surface area contributed by atoms with Crippen molar-refractivity contribution in [2.75, 3.05) is 7.11 Å². The van der Waals surface area contributed by atoms with E-state index >= 15 is 0 Å². The Balaban J connectivity index is 1.59. The number of ether oxygens (including phenoxy) is 1. The van der Waals surface area contributed by atoms with Crippen molar-refractivity contribution in [3.05, 3.63) is 0 Å². The van der Waals surface area contributed by atoms with Gasteiger partial charge in [-0.05, 0) is 98.2 Å². The van der Waals surface area contributed by atoms with Crippen LogP contribution in [0.3, 0.4) is 0 Å². The summed E-state index contributed by atoms with van der Waals surface area (Å²) in [5.41, 5.74) is 0.413. The van der Waals surface area contributed by atoms with Crippen LogP contribution in [0, 0.1) is 52.3 Å². The third-order valence-corrected chi connectivity index (χ3v) is 10.9. The van der Waals surface area contributed by atoms with Crippen molar-refractivity contribution in [2.24, 2.45) is 52.3 Å². The molecule has 0 bridgehead atoms. The molecule has 0 heterocycles. The molecule has 0 spiro atoms. The first-order valence-corrected chi connectivity index (χ1v) is 13.0. The van der Waals surface area contributed by atoms with Gasteiger partial charge in [-0.15, -0.1) is 0 Å². The smallest absolute Gasteiger partial charge is 0.305 e. The molecule has 0 aliphatic heterocycles. The highest BCUT2D eigenvalue weighted by molar-refractivity contribution is 5.86. The van der Waals surface area contributed by atoms with Gasteiger partial charge < -0.3 is 9.84 Å². The molecule has 4 heteroatoms. The Kier molecular flexibility index (Phi) is 6.35. The SMILES string of the molecule is CC[C@H]1C(=O)[C@@H]2C(CCC3(C)C2CC[C@@H]3[C@H](C)CCC(=O)OC)C2(C)CC[C@@H](O)CC12. The zero-order valence-electron chi connectivity index (χ0n) is 20.4. The highest BCUT2D eigenvalue weighted by Gasteiger charge is 2.65. The number of carbonyl (C=O) groups is 2. The summed E-state index contributed by atoms with van der Waals surface area (Å²) in [5.74, 6) is 3.16. The van der Waals surface area contributed by atoms with Crippen molar-refractivity contribution in [3.8, 4) is 0 Å². The van der Waals surface area contributed by atoms with Crippen LogP contribution in [0.1, 0.15) is 91.9 Å². The van der Waals surface area contributed by atoms with Crippen molar-refractivity contribution in [2.45, 2.75) is 98.0 Å². The molecule has 4 nitrogen and oxygen atoms in total. The third kappa shape index (κ3) is 3.60. The van der Waals surface area contributed by atoms with Crippen molar-refractivity contribution in [1.29, 1.82) is 0 Å². The average Bonchev–Trinajstić information content (AvgIpc) is 3.10. The van der Waals surface area contributed by atoms with E-state index in [1.54, 1.807) is 0 Å². The molecule has 4 saturated carbocycles. The number of hydrogen-bond acceptors (Lipinski definition) is 4. The van der Waals surface area contributed by atoms with Gasteiger partial charge in [0, 0.05) is 18.3 Å². The van der Waals surface area contributed by atoms with Crippen molar-refractivity contribution in [3.63, 3.8) is 0 Å². The van der Waals surface area contributed by atoms with Crippen molar-refractivity contribution < 1.29 is 19.4 Å². The van der Waals surface area contributed by atoms with E-state index in [4.69, 9.17) is 4.74 Å². The number of Topliss-reactive ketones (excluding diaryl/α,β-unsaturated/α-hetero) is 1. The van der Waals surface area contributed by atoms with Crippen LogP contribution >= 0.6 is 0 Å². The van der Waals surface area contributed by atoms with Crippen molar-refractivity contribution in [1.82, 2.24) is 0 Å². The fourth-order valence-corrected chi connectivity index (χ4v) is 9.26. The first-order chi connectivity index (χ1) is 14.7. The predicted octanol–water partition coefficient (Wildman–Crippen LogP) is 5.41. The van der Waals surface area contributed by atoms with E-state index in [-0.39, 0.29) is 34.7 Å². The molecular formula is C27H44O4. The lowest BCUT2D eigenvalue weighted by Gasteiger charge is -2.62. The third-order valence-electron chi connectivity index (χ3n) is 10.9. The van der Waals surface area contributed by atoms with Crippen LogP contribution in [-0.2, 0) is 14.3 Å². The van der Waals surface area contributed by atoms with E-state index in [1.807, 2.05) is 0 Å². The summed E-state index contributed by atoms with van der Waals surface area (Å²) >= 11 is 0. The quantitative estimate of drug-likeness (QED) is 0.590. The molecule has 4 aliphatic rings. The molecule has 4 fully saturated rings. The summed E-state index contributed by atoms with van der Waals surface area (Å²) < 4.78 is 4.87. The fourth-order valence-electron chi connectivity index (χ4n) is 9.26. The maximum absolute atomic E-state index is 14.0. The molecule has 0 radical (unpaired) electrons. The molecule has 0 aromatic heterocycles. The largest absolute Gasteiger partial charge is 0.469 e. The number of aliphatic hydroxyl groups is 1. The van der Waals surface area contributed by atoms with E-state index < -0.39 is 0 Å². The molecule has 0 aromatic carbocycles. The molecule has 10 atom stereocenters. The van der Waals surface area contributed by atoms with Gasteiger partial charge in [0.05, 0.1) is 13.2 Å². The first kappa shape index (κ1) is 23.3. The summed E-state index contributed by atoms with van der Waals surface area (Å²) in [6.45, 7) is 9.42. The minimum absolute atomic E-state index is 0.109. The van der Waals surface area contributed by atoms with Gasteiger partial charge >= 0.3 is 5.97 Å². The van der Waals surface area contributed by atoms with Gasteiger partial charge in [0.25, 0.3) is 0 Å². The maximum atomic E-state index is 14.0. The number of methoxy groups -OCH3 is 1. The molecule has 0 amide bonds. The predicted molar refractivity (Wildman–Crippen MR) is 121 cm³/mol. The summed E-state index contributed by atoms with van der Waals surface area (Å²) in [4.78, 5) is 25.7. The minimum Gasteiger partial charge on any atom is -0.469 e. The molecule has 1 N–H and O–H groups in total.